The molecule has 0 aliphatic heterocycles. The molecule has 0 saturated carbocycles. The molecule has 0 aromatic rings. The van der Waals surface area contributed by atoms with Crippen LogP contribution in [-0.2, 0) is 20.0 Å². The van der Waals surface area contributed by atoms with Gasteiger partial charge in [0.05, 0.1) is 6.10 Å². The topological polar surface area (TPSA) is 57.2 Å². The van der Waals surface area contributed by atoms with Gasteiger partial charge in [0.15, 0.2) is 0 Å². The summed E-state index contributed by atoms with van der Waals surface area (Å²) >= 11 is 0. The van der Waals surface area contributed by atoms with E-state index in [-0.39, 0.29) is 6.10 Å². The highest BCUT2D eigenvalue weighted by Crippen LogP contribution is 1.88. The van der Waals surface area contributed by atoms with Crippen molar-refractivity contribution in [2.24, 2.45) is 0 Å². The van der Waals surface area contributed by atoms with Gasteiger partial charge in [0, 0.05) is 0 Å². The van der Waals surface area contributed by atoms with E-state index in [9.17, 15) is 0 Å². The van der Waals surface area contributed by atoms with Gasteiger partial charge >= 0.3 is 0 Å². The number of hydrogen-bond donors (Lipinski definition) is 1. The third-order valence-electron chi connectivity index (χ3n) is 0.290. The Hall–Kier alpha value is -0.200. The van der Waals surface area contributed by atoms with Gasteiger partial charge in [-0.3, -0.25) is 0 Å². The van der Waals surface area contributed by atoms with Crippen molar-refractivity contribution in [2.45, 2.75) is 20.0 Å². The molecule has 50 valence electrons. The Morgan fingerprint density at radius 2 is 1.88 bits per heavy atom. The predicted molar refractivity (Wildman–Crippen MR) is 22.1 cm³/mol. The number of hydrogen-bond acceptors (Lipinski definition) is 5. The summed E-state index contributed by atoms with van der Waals surface area (Å²) in [4.78, 5) is 4.28. The Morgan fingerprint density at radius 1 is 1.25 bits per heavy atom. The molecule has 8 heavy (non-hydrogen) atoms. The molecule has 0 heterocycles. The van der Waals surface area contributed by atoms with E-state index < -0.39 is 0 Å². The minimum absolute atomic E-state index is 0.134. The molecule has 0 aliphatic rings. The average molecular weight is 124 g/mol. The lowest BCUT2D eigenvalue weighted by Gasteiger charge is -1.99. The fourth-order valence-electron chi connectivity index (χ4n) is 0.107. The Kier molecular flexibility index (Phi) is 4.82. The minimum atomic E-state index is -0.134. The van der Waals surface area contributed by atoms with Gasteiger partial charge in [0.2, 0.25) is 0 Å². The predicted octanol–water partition coefficient (Wildman–Crippen LogP) is 0.679. The zero-order valence-corrected chi connectivity index (χ0v) is 4.66. The van der Waals surface area contributed by atoms with Crippen molar-refractivity contribution in [3.05, 3.63) is 0 Å². The largest absolute Gasteiger partial charge is 0.219 e. The van der Waals surface area contributed by atoms with Gasteiger partial charge in [-0.1, -0.05) is 0 Å². The summed E-state index contributed by atoms with van der Waals surface area (Å²) < 4.78 is 0. The molecule has 0 amide bonds. The first-order valence-electron chi connectivity index (χ1n) is 2.07. The van der Waals surface area contributed by atoms with Crippen LogP contribution in [0.5, 0.6) is 0 Å². The van der Waals surface area contributed by atoms with Crippen LogP contribution in [0.3, 0.4) is 0 Å². The Labute approximate surface area is 46.4 Å². The summed E-state index contributed by atoms with van der Waals surface area (Å²) in [6.45, 7) is 3.45. The molecule has 0 atom stereocenters. The molecule has 0 aromatic heterocycles. The van der Waals surface area contributed by atoms with E-state index in [0.29, 0.717) is 0 Å². The normalized spacial score (nSPS) is 10.5. The van der Waals surface area contributed by atoms with Gasteiger partial charge in [0.1, 0.15) is 0 Å². The van der Waals surface area contributed by atoms with E-state index in [0.717, 1.165) is 0 Å². The molecular formula is C3H8O5. The van der Waals surface area contributed by atoms with Crippen molar-refractivity contribution in [2.75, 3.05) is 0 Å². The maximum absolute atomic E-state index is 7.45. The summed E-state index contributed by atoms with van der Waals surface area (Å²) in [5.74, 6) is 0. The quantitative estimate of drug-likeness (QED) is 0.339. The zero-order valence-electron chi connectivity index (χ0n) is 4.66. The lowest BCUT2D eigenvalue weighted by molar-refractivity contribution is -0.706. The van der Waals surface area contributed by atoms with Crippen molar-refractivity contribution in [3.63, 3.8) is 0 Å². The van der Waals surface area contributed by atoms with E-state index in [2.05, 4.69) is 20.0 Å². The van der Waals surface area contributed by atoms with Gasteiger partial charge in [-0.15, -0.1) is 0 Å². The van der Waals surface area contributed by atoms with Crippen LogP contribution in [0, 0.1) is 0 Å². The molecule has 0 rings (SSSR count). The summed E-state index contributed by atoms with van der Waals surface area (Å²) in [5, 5.41) is 17.7. The molecule has 5 nitrogen and oxygen atoms in total. The van der Waals surface area contributed by atoms with Crippen LogP contribution >= 0.6 is 0 Å². The second-order valence-corrected chi connectivity index (χ2v) is 1.36. The smallest absolute Gasteiger partial charge is 0.0906 e. The third kappa shape index (κ3) is 5.80. The van der Waals surface area contributed by atoms with Gasteiger partial charge < -0.3 is 0 Å². The summed E-state index contributed by atoms with van der Waals surface area (Å²) in [7, 11) is 0. The van der Waals surface area contributed by atoms with Crippen LogP contribution in [0.1, 0.15) is 13.8 Å². The molecule has 1 N–H and O–H groups in total. The van der Waals surface area contributed by atoms with E-state index in [1.54, 1.807) is 13.8 Å². The molecule has 0 saturated heterocycles. The van der Waals surface area contributed by atoms with E-state index in [1.807, 2.05) is 0 Å². The van der Waals surface area contributed by atoms with Gasteiger partial charge in [0.25, 0.3) is 0 Å². The zero-order chi connectivity index (χ0) is 6.41. The fourth-order valence-corrected chi connectivity index (χ4v) is 0.107. The molecule has 0 aliphatic carbocycles. The van der Waals surface area contributed by atoms with Crippen LogP contribution in [0.2, 0.25) is 0 Å². The Balaban J connectivity index is 2.72. The minimum Gasteiger partial charge on any atom is -0.219 e. The molecule has 0 fully saturated rings. The lowest BCUT2D eigenvalue weighted by Crippen LogP contribution is -2.03. The lowest BCUT2D eigenvalue weighted by atomic mass is 10.5. The second-order valence-electron chi connectivity index (χ2n) is 1.36. The maximum atomic E-state index is 7.45. The maximum Gasteiger partial charge on any atom is 0.0906 e. The van der Waals surface area contributed by atoms with Crippen LogP contribution < -0.4 is 0 Å². The summed E-state index contributed by atoms with van der Waals surface area (Å²) in [6.07, 6.45) is -0.134. The Morgan fingerprint density at radius 3 is 2.25 bits per heavy atom. The highest BCUT2D eigenvalue weighted by Gasteiger charge is 1.92. The molecular weight excluding hydrogens is 116 g/mol. The van der Waals surface area contributed by atoms with E-state index in [1.165, 1.54) is 0 Å². The fraction of sp³-hybridized carbons (Fsp3) is 1.00. The van der Waals surface area contributed by atoms with Crippen molar-refractivity contribution in [1.82, 2.24) is 0 Å². The second kappa shape index (κ2) is 4.95. The molecule has 0 aromatic carbocycles. The average Bonchev–Trinajstić information content (AvgIpc) is 1.66. The molecule has 0 unspecified atom stereocenters. The van der Waals surface area contributed by atoms with Crippen molar-refractivity contribution in [3.8, 4) is 0 Å². The van der Waals surface area contributed by atoms with Crippen molar-refractivity contribution in [1.29, 1.82) is 0 Å². The summed E-state index contributed by atoms with van der Waals surface area (Å²) in [6, 6.07) is 0. The standard InChI is InChI=1S/C3H8O5/c1-3(2)5-7-8-6-4/h3-4H,1-2H3. The highest BCUT2D eigenvalue weighted by molar-refractivity contribution is 4.24. The van der Waals surface area contributed by atoms with Crippen LogP contribution in [0.25, 0.3) is 0 Å². The third-order valence-corrected chi connectivity index (χ3v) is 0.290. The molecule has 0 radical (unpaired) electrons. The SMILES string of the molecule is CC(C)OOOOO. The number of rotatable bonds is 4. The molecule has 0 bridgehead atoms. The highest BCUT2D eigenvalue weighted by atomic mass is 17.8. The Bertz CT molecular complexity index is 44.9. The first-order valence-corrected chi connectivity index (χ1v) is 2.07. The van der Waals surface area contributed by atoms with Crippen molar-refractivity contribution >= 4 is 0 Å². The van der Waals surface area contributed by atoms with Crippen LogP contribution in [0.15, 0.2) is 0 Å². The molecule has 0 spiro atoms. The monoisotopic (exact) mass is 124 g/mol. The van der Waals surface area contributed by atoms with Crippen LogP contribution in [-0.4, -0.2) is 11.4 Å². The van der Waals surface area contributed by atoms with Crippen molar-refractivity contribution < 1.29 is 25.3 Å². The van der Waals surface area contributed by atoms with Gasteiger partial charge in [-0.05, 0) is 29.0 Å². The van der Waals surface area contributed by atoms with Crippen LogP contribution in [0.4, 0.5) is 0 Å². The van der Waals surface area contributed by atoms with E-state index in [4.69, 9.17) is 5.26 Å². The first kappa shape index (κ1) is 7.80. The van der Waals surface area contributed by atoms with Gasteiger partial charge in [-0.2, -0.15) is 0 Å². The first-order chi connectivity index (χ1) is 3.77. The summed E-state index contributed by atoms with van der Waals surface area (Å²) in [5.41, 5.74) is 0. The van der Waals surface area contributed by atoms with E-state index >= 15 is 0 Å². The van der Waals surface area contributed by atoms with Gasteiger partial charge in [-0.25, -0.2) is 10.1 Å². The molecule has 5 heteroatoms.